The predicted octanol–water partition coefficient (Wildman–Crippen LogP) is 2.92. The molecule has 0 unspecified atom stereocenters. The molecule has 4 nitrogen and oxygen atoms in total. The molecule has 0 aliphatic carbocycles. The average molecular weight is 324 g/mol. The number of nitrogens with one attached hydrogen (secondary N) is 2. The Morgan fingerprint density at radius 2 is 1.74 bits per heavy atom. The molecule has 23 heavy (non-hydrogen) atoms. The number of rotatable bonds is 3. The highest BCUT2D eigenvalue weighted by atomic mass is 32.1. The summed E-state index contributed by atoms with van der Waals surface area (Å²) < 4.78 is 0. The maximum absolute atomic E-state index is 12.9. The molecule has 0 bridgehead atoms. The first kappa shape index (κ1) is 15.2. The van der Waals surface area contributed by atoms with Crippen LogP contribution in [-0.2, 0) is 0 Å². The van der Waals surface area contributed by atoms with E-state index in [2.05, 4.69) is 17.2 Å². The molecule has 0 aromatic heterocycles. The number of ketones is 1. The smallest absolute Gasteiger partial charge is 0.174 e. The van der Waals surface area contributed by atoms with Crippen molar-refractivity contribution < 1.29 is 9.90 Å². The van der Waals surface area contributed by atoms with Crippen LogP contribution in [0.3, 0.4) is 0 Å². The fraction of sp³-hybridized carbons (Fsp3) is 0.111. The van der Waals surface area contributed by atoms with E-state index in [1.54, 1.807) is 36.4 Å². The van der Waals surface area contributed by atoms with Gasteiger partial charge in [-0.2, -0.15) is 0 Å². The lowest BCUT2D eigenvalue weighted by molar-refractivity contribution is 0.0912. The van der Waals surface area contributed by atoms with Crippen LogP contribution < -0.4 is 10.6 Å². The number of phenols is 1. The molecule has 1 heterocycles. The Morgan fingerprint density at radius 3 is 2.39 bits per heavy atom. The molecular formula is C18H16N2O2S. The predicted molar refractivity (Wildman–Crippen MR) is 93.1 cm³/mol. The van der Waals surface area contributed by atoms with Gasteiger partial charge in [-0.15, -0.1) is 0 Å². The Bertz CT molecular complexity index is 756. The molecule has 0 saturated carbocycles. The lowest BCUT2D eigenvalue weighted by atomic mass is 9.83. The second-order valence-electron chi connectivity index (χ2n) is 5.40. The number of hydrogen-bond donors (Lipinski definition) is 3. The topological polar surface area (TPSA) is 61.4 Å². The second-order valence-corrected chi connectivity index (χ2v) is 5.81. The van der Waals surface area contributed by atoms with Gasteiger partial charge in [0, 0.05) is 11.3 Å². The zero-order valence-corrected chi connectivity index (χ0v) is 13.1. The number of carbonyl (C=O) groups is 1. The number of phenolic OH excluding ortho intramolecular Hbond substituents is 1. The van der Waals surface area contributed by atoms with Gasteiger partial charge in [-0.05, 0) is 29.9 Å². The third kappa shape index (κ3) is 3.10. The number of Topliss-reactive ketones (excluding diaryl/α,β-unsaturated/α-hetero) is 1. The summed E-state index contributed by atoms with van der Waals surface area (Å²) in [5.41, 5.74) is 2.06. The molecule has 0 radical (unpaired) electrons. The van der Waals surface area contributed by atoms with Gasteiger partial charge in [-0.1, -0.05) is 49.0 Å². The van der Waals surface area contributed by atoms with E-state index in [9.17, 15) is 9.90 Å². The fourth-order valence-corrected chi connectivity index (χ4v) is 2.99. The van der Waals surface area contributed by atoms with E-state index in [0.717, 1.165) is 5.56 Å². The molecular weight excluding hydrogens is 308 g/mol. The Labute approximate surface area is 139 Å². The lowest BCUT2D eigenvalue weighted by Crippen LogP contribution is -2.50. The zero-order valence-electron chi connectivity index (χ0n) is 12.3. The molecule has 3 rings (SSSR count). The molecule has 2 aromatic carbocycles. The molecule has 1 aliphatic heterocycles. The molecule has 1 fully saturated rings. The van der Waals surface area contributed by atoms with Gasteiger partial charge in [0.1, 0.15) is 5.75 Å². The maximum Gasteiger partial charge on any atom is 0.174 e. The Balaban J connectivity index is 1.99. The molecule has 116 valence electrons. The van der Waals surface area contributed by atoms with Crippen molar-refractivity contribution in [2.24, 2.45) is 5.92 Å². The SMILES string of the molecule is C=C1NC(=S)N[C@@H](c2ccc(O)cc2)[C@@H]1C(=O)c1ccccc1. The monoisotopic (exact) mass is 324 g/mol. The van der Waals surface area contributed by atoms with Crippen molar-refractivity contribution in [2.45, 2.75) is 6.04 Å². The second kappa shape index (κ2) is 6.22. The van der Waals surface area contributed by atoms with Crippen molar-refractivity contribution in [3.05, 3.63) is 78.0 Å². The van der Waals surface area contributed by atoms with Crippen LogP contribution in [0.5, 0.6) is 5.75 Å². The number of thiocarbonyl (C=S) groups is 1. The standard InChI is InChI=1S/C18H16N2O2S/c1-11-15(17(22)13-5-3-2-4-6-13)16(20-18(23)19-11)12-7-9-14(21)10-8-12/h2-10,15-16,21H,1H2,(H2,19,20,23)/t15-,16+/m1/s1. The molecule has 3 N–H and O–H groups in total. The summed E-state index contributed by atoms with van der Waals surface area (Å²) in [6, 6.07) is 15.5. The van der Waals surface area contributed by atoms with Gasteiger partial charge in [0.15, 0.2) is 10.9 Å². The van der Waals surface area contributed by atoms with Gasteiger partial charge < -0.3 is 15.7 Å². The summed E-state index contributed by atoms with van der Waals surface area (Å²) >= 11 is 5.20. The highest BCUT2D eigenvalue weighted by molar-refractivity contribution is 7.80. The van der Waals surface area contributed by atoms with Crippen LogP contribution in [0.25, 0.3) is 0 Å². The normalized spacial score (nSPS) is 20.5. The first-order valence-electron chi connectivity index (χ1n) is 7.21. The summed E-state index contributed by atoms with van der Waals surface area (Å²) in [6.45, 7) is 3.98. The molecule has 2 aromatic rings. The Kier molecular flexibility index (Phi) is 4.12. The van der Waals surface area contributed by atoms with Crippen LogP contribution in [-0.4, -0.2) is 16.0 Å². The zero-order chi connectivity index (χ0) is 16.4. The Morgan fingerprint density at radius 1 is 1.09 bits per heavy atom. The molecule has 0 amide bonds. The highest BCUT2D eigenvalue weighted by Gasteiger charge is 2.36. The van der Waals surface area contributed by atoms with Gasteiger partial charge in [-0.25, -0.2) is 0 Å². The van der Waals surface area contributed by atoms with Gasteiger partial charge >= 0.3 is 0 Å². The van der Waals surface area contributed by atoms with Crippen molar-refractivity contribution in [3.63, 3.8) is 0 Å². The van der Waals surface area contributed by atoms with Crippen LogP contribution in [0.2, 0.25) is 0 Å². The summed E-state index contributed by atoms with van der Waals surface area (Å²) in [7, 11) is 0. The number of hydrogen-bond acceptors (Lipinski definition) is 3. The Hall–Kier alpha value is -2.66. The van der Waals surface area contributed by atoms with Crippen molar-refractivity contribution in [2.75, 3.05) is 0 Å². The van der Waals surface area contributed by atoms with Crippen molar-refractivity contribution in [1.29, 1.82) is 0 Å². The molecule has 2 atom stereocenters. The van der Waals surface area contributed by atoms with Crippen molar-refractivity contribution >= 4 is 23.1 Å². The van der Waals surface area contributed by atoms with E-state index in [4.69, 9.17) is 12.2 Å². The first-order chi connectivity index (χ1) is 11.1. The third-order valence-corrected chi connectivity index (χ3v) is 4.08. The van der Waals surface area contributed by atoms with Crippen LogP contribution in [0, 0.1) is 5.92 Å². The minimum Gasteiger partial charge on any atom is -0.508 e. The third-order valence-electron chi connectivity index (χ3n) is 3.86. The fourth-order valence-electron chi connectivity index (χ4n) is 2.73. The van der Waals surface area contributed by atoms with E-state index in [1.807, 2.05) is 18.2 Å². The summed E-state index contributed by atoms with van der Waals surface area (Å²) in [6.07, 6.45) is 0. The van der Waals surface area contributed by atoms with E-state index in [-0.39, 0.29) is 17.6 Å². The van der Waals surface area contributed by atoms with Crippen LogP contribution in [0.1, 0.15) is 22.0 Å². The molecule has 0 spiro atoms. The van der Waals surface area contributed by atoms with Crippen LogP contribution in [0.15, 0.2) is 66.9 Å². The van der Waals surface area contributed by atoms with E-state index < -0.39 is 5.92 Å². The van der Waals surface area contributed by atoms with E-state index in [1.165, 1.54) is 0 Å². The minimum absolute atomic E-state index is 0.0313. The van der Waals surface area contributed by atoms with Gasteiger partial charge in [0.05, 0.1) is 12.0 Å². The number of benzene rings is 2. The van der Waals surface area contributed by atoms with Crippen molar-refractivity contribution in [3.8, 4) is 5.75 Å². The van der Waals surface area contributed by atoms with Gasteiger partial charge in [0.25, 0.3) is 0 Å². The molecule has 1 saturated heterocycles. The van der Waals surface area contributed by atoms with Crippen molar-refractivity contribution in [1.82, 2.24) is 10.6 Å². The maximum atomic E-state index is 12.9. The molecule has 5 heteroatoms. The highest BCUT2D eigenvalue weighted by Crippen LogP contribution is 2.32. The lowest BCUT2D eigenvalue weighted by Gasteiger charge is -2.35. The summed E-state index contributed by atoms with van der Waals surface area (Å²) in [5, 5.41) is 16.0. The quantitative estimate of drug-likeness (QED) is 0.598. The largest absolute Gasteiger partial charge is 0.508 e. The molecule has 1 aliphatic rings. The van der Waals surface area contributed by atoms with Gasteiger partial charge in [-0.3, -0.25) is 4.79 Å². The average Bonchev–Trinajstić information content (AvgIpc) is 2.55. The van der Waals surface area contributed by atoms with E-state index in [0.29, 0.717) is 16.4 Å². The minimum atomic E-state index is -0.492. The van der Waals surface area contributed by atoms with E-state index >= 15 is 0 Å². The first-order valence-corrected chi connectivity index (χ1v) is 7.61. The summed E-state index contributed by atoms with van der Waals surface area (Å²) in [5.74, 6) is -0.347. The summed E-state index contributed by atoms with van der Waals surface area (Å²) in [4.78, 5) is 12.9. The van der Waals surface area contributed by atoms with Crippen LogP contribution in [0.4, 0.5) is 0 Å². The van der Waals surface area contributed by atoms with Gasteiger partial charge in [0.2, 0.25) is 0 Å². The number of aromatic hydroxyl groups is 1. The number of carbonyl (C=O) groups excluding carboxylic acids is 1. The van der Waals surface area contributed by atoms with Crippen LogP contribution >= 0.6 is 12.2 Å².